The highest BCUT2D eigenvalue weighted by molar-refractivity contribution is 7.85. The van der Waals surface area contributed by atoms with Gasteiger partial charge >= 0.3 is 0 Å². The molecule has 1 aromatic carbocycles. The average molecular weight is 314 g/mol. The third-order valence-electron chi connectivity index (χ3n) is 3.94. The molecule has 1 atom stereocenters. The number of hydrogen-bond donors (Lipinski definition) is 1. The summed E-state index contributed by atoms with van der Waals surface area (Å²) < 4.78 is 36.7. The Morgan fingerprint density at radius 1 is 1.25 bits per heavy atom. The first-order valence-corrected chi connectivity index (χ1v) is 9.53. The topological polar surface area (TPSA) is 63.6 Å². The van der Waals surface area contributed by atoms with Crippen LogP contribution in [0.1, 0.15) is 37.7 Å². The molecular weight excluding hydrogens is 292 g/mol. The molecule has 1 unspecified atom stereocenters. The van der Waals surface area contributed by atoms with Crippen molar-refractivity contribution in [1.82, 2.24) is 0 Å². The van der Waals surface area contributed by atoms with E-state index in [9.17, 15) is 8.42 Å². The zero-order valence-electron chi connectivity index (χ0n) is 11.8. The normalized spacial score (nSPS) is 23.9. The van der Waals surface area contributed by atoms with Gasteiger partial charge in [0.1, 0.15) is 0 Å². The molecule has 1 aromatic rings. The fourth-order valence-corrected chi connectivity index (χ4v) is 4.07. The molecule has 1 N–H and O–H groups in total. The second-order valence-electron chi connectivity index (χ2n) is 5.73. The highest BCUT2D eigenvalue weighted by atomic mass is 32.2. The Labute approximate surface area is 123 Å². The van der Waals surface area contributed by atoms with Crippen LogP contribution in [0.5, 0.6) is 0 Å². The van der Waals surface area contributed by atoms with Gasteiger partial charge in [0.15, 0.2) is 0 Å². The highest BCUT2D eigenvalue weighted by Crippen LogP contribution is 2.27. The van der Waals surface area contributed by atoms with Gasteiger partial charge in [0.05, 0.1) is 4.90 Å². The van der Waals surface area contributed by atoms with E-state index in [1.165, 1.54) is 31.4 Å². The highest BCUT2D eigenvalue weighted by Gasteiger charge is 2.26. The summed E-state index contributed by atoms with van der Waals surface area (Å²) in [6, 6.07) is 6.45. The Morgan fingerprint density at radius 2 is 1.95 bits per heavy atom. The lowest BCUT2D eigenvalue weighted by atomic mass is 10.0. The summed E-state index contributed by atoms with van der Waals surface area (Å²) in [6.07, 6.45) is 6.68. The van der Waals surface area contributed by atoms with Crippen molar-refractivity contribution >= 4 is 20.4 Å². The average Bonchev–Trinajstić information content (AvgIpc) is 2.39. The first-order chi connectivity index (χ1) is 9.39. The summed E-state index contributed by atoms with van der Waals surface area (Å²) >= 11 is 0. The second kappa shape index (κ2) is 6.38. The van der Waals surface area contributed by atoms with E-state index in [1.807, 2.05) is 0 Å². The molecule has 1 saturated heterocycles. The monoisotopic (exact) mass is 314 g/mol. The molecule has 0 saturated carbocycles. The van der Waals surface area contributed by atoms with Crippen molar-refractivity contribution in [2.45, 2.75) is 48.6 Å². The van der Waals surface area contributed by atoms with E-state index in [0.717, 1.165) is 41.7 Å². The summed E-state index contributed by atoms with van der Waals surface area (Å²) in [7, 11) is -3.02. The van der Waals surface area contributed by atoms with Crippen LogP contribution in [0.15, 0.2) is 29.2 Å². The molecule has 0 aromatic heterocycles. The number of rotatable bonds is 5. The minimum Gasteiger partial charge on any atom is -0.380 e. The van der Waals surface area contributed by atoms with Gasteiger partial charge in [0.2, 0.25) is 0 Å². The van der Waals surface area contributed by atoms with Gasteiger partial charge in [-0.25, -0.2) is 0 Å². The van der Waals surface area contributed by atoms with Gasteiger partial charge in [-0.05, 0) is 56.2 Å². The van der Waals surface area contributed by atoms with Gasteiger partial charge in [-0.1, -0.05) is 12.1 Å². The minimum atomic E-state index is -4.08. The zero-order valence-corrected chi connectivity index (χ0v) is 14.7. The zero-order chi connectivity index (χ0) is 14.6. The van der Waals surface area contributed by atoms with Gasteiger partial charge < -0.3 is 4.74 Å². The van der Waals surface area contributed by atoms with Crippen LogP contribution in [0.4, 0.5) is 0 Å². The number of hydrogen-bond acceptors (Lipinski definition) is 3. The van der Waals surface area contributed by atoms with Crippen LogP contribution in [0.3, 0.4) is 0 Å². The van der Waals surface area contributed by atoms with Crippen LogP contribution >= 0.6 is 0 Å². The molecule has 6 heteroatoms. The smallest absolute Gasteiger partial charge is 0.294 e. The van der Waals surface area contributed by atoms with Gasteiger partial charge in [-0.2, -0.15) is 8.42 Å². The fraction of sp³-hybridized carbons (Fsp3) is 0.571. The van der Waals surface area contributed by atoms with Crippen molar-refractivity contribution in [1.29, 1.82) is 0 Å². The lowest BCUT2D eigenvalue weighted by Crippen LogP contribution is -2.36. The summed E-state index contributed by atoms with van der Waals surface area (Å²) in [5, 5.41) is 0.145. The quantitative estimate of drug-likeness (QED) is 0.661. The minimum absolute atomic E-state index is 0.0452. The van der Waals surface area contributed by atoms with Gasteiger partial charge in [0.25, 0.3) is 10.1 Å². The molecule has 0 bridgehead atoms. The van der Waals surface area contributed by atoms with Crippen molar-refractivity contribution in [3.8, 4) is 0 Å². The van der Waals surface area contributed by atoms with E-state index in [0.29, 0.717) is 0 Å². The summed E-state index contributed by atoms with van der Waals surface area (Å²) in [5.41, 5.74) is 1.10. The van der Waals surface area contributed by atoms with Crippen LogP contribution in [0.25, 0.3) is 0 Å². The van der Waals surface area contributed by atoms with E-state index in [4.69, 9.17) is 9.29 Å². The summed E-state index contributed by atoms with van der Waals surface area (Å²) in [4.78, 5) is -0.0452. The SMILES string of the molecule is O=S(=O)(O)c1ccc(CCCC2([SiH3])CCCCO2)cc1. The van der Waals surface area contributed by atoms with E-state index in [-0.39, 0.29) is 10.1 Å². The van der Waals surface area contributed by atoms with Crippen LogP contribution in [-0.4, -0.2) is 35.0 Å². The first kappa shape index (κ1) is 15.7. The third-order valence-corrected chi connectivity index (χ3v) is 6.10. The molecule has 1 aliphatic heterocycles. The van der Waals surface area contributed by atoms with E-state index in [2.05, 4.69) is 0 Å². The Morgan fingerprint density at radius 3 is 2.50 bits per heavy atom. The van der Waals surface area contributed by atoms with Crippen LogP contribution in [0, 0.1) is 0 Å². The predicted octanol–water partition coefficient (Wildman–Crippen LogP) is 1.52. The standard InChI is InChI=1S/C14H22O4SSi/c15-19(16,17)13-7-5-12(6-8-13)4-3-10-14(20)9-1-2-11-18-14/h5-8H,1-4,9-11H2,20H3,(H,15,16,17). The number of ether oxygens (including phenoxy) is 1. The molecular formula is C14H22O4SSi. The molecule has 1 heterocycles. The van der Waals surface area contributed by atoms with E-state index >= 15 is 0 Å². The fourth-order valence-electron chi connectivity index (χ4n) is 2.68. The van der Waals surface area contributed by atoms with E-state index < -0.39 is 10.1 Å². The molecule has 0 aliphatic carbocycles. The molecule has 112 valence electrons. The molecule has 0 amide bonds. The maximum atomic E-state index is 11.0. The lowest BCUT2D eigenvalue weighted by Gasteiger charge is -2.34. The first-order valence-electron chi connectivity index (χ1n) is 7.09. The van der Waals surface area contributed by atoms with Crippen molar-refractivity contribution in [3.05, 3.63) is 29.8 Å². The predicted molar refractivity (Wildman–Crippen MR) is 81.7 cm³/mol. The number of benzene rings is 1. The van der Waals surface area contributed by atoms with Crippen molar-refractivity contribution in [3.63, 3.8) is 0 Å². The molecule has 20 heavy (non-hydrogen) atoms. The summed E-state index contributed by atoms with van der Waals surface area (Å²) in [6.45, 7) is 0.895. The Hall–Kier alpha value is -0.693. The van der Waals surface area contributed by atoms with Gasteiger partial charge in [0, 0.05) is 22.1 Å². The van der Waals surface area contributed by atoms with Gasteiger partial charge in [-0.15, -0.1) is 0 Å². The maximum Gasteiger partial charge on any atom is 0.294 e. The lowest BCUT2D eigenvalue weighted by molar-refractivity contribution is -0.0235. The number of aryl methyl sites for hydroxylation is 1. The van der Waals surface area contributed by atoms with E-state index in [1.54, 1.807) is 12.1 Å². The molecule has 2 rings (SSSR count). The molecule has 1 fully saturated rings. The third kappa shape index (κ3) is 4.41. The van der Waals surface area contributed by atoms with Crippen LogP contribution in [0.2, 0.25) is 0 Å². The van der Waals surface area contributed by atoms with Crippen molar-refractivity contribution < 1.29 is 17.7 Å². The second-order valence-corrected chi connectivity index (χ2v) is 8.97. The Bertz CT molecular complexity index is 533. The molecule has 4 nitrogen and oxygen atoms in total. The summed E-state index contributed by atoms with van der Waals surface area (Å²) in [5.74, 6) is 0. The molecule has 0 spiro atoms. The largest absolute Gasteiger partial charge is 0.380 e. The van der Waals surface area contributed by atoms with Gasteiger partial charge in [-0.3, -0.25) is 4.55 Å². The molecule has 0 radical (unpaired) electrons. The molecule has 1 aliphatic rings. The Kier molecular flexibility index (Phi) is 5.01. The Balaban J connectivity index is 1.85. The van der Waals surface area contributed by atoms with Crippen LogP contribution < -0.4 is 0 Å². The maximum absolute atomic E-state index is 11.0. The van der Waals surface area contributed by atoms with Crippen molar-refractivity contribution in [2.24, 2.45) is 0 Å². The van der Waals surface area contributed by atoms with Crippen LogP contribution in [-0.2, 0) is 21.3 Å². The van der Waals surface area contributed by atoms with Crippen molar-refractivity contribution in [2.75, 3.05) is 6.61 Å².